The normalized spacial score (nSPS) is 24.2. The van der Waals surface area contributed by atoms with Crippen molar-refractivity contribution in [2.45, 2.75) is 123 Å². The number of likely N-dealkylation sites (N-methyl/N-ethyl adjacent to an activating group) is 1. The lowest BCUT2D eigenvalue weighted by Gasteiger charge is -2.62. The fourth-order valence-electron chi connectivity index (χ4n) is 13.1. The number of amides is 1. The number of pyridine rings is 1. The molecule has 7 aliphatic rings. The molecule has 13 rings (SSSR count). The summed E-state index contributed by atoms with van der Waals surface area (Å²) in [6, 6.07) is 38.8. The smallest absolute Gasteiger partial charge is 0.337 e. The molecule has 1 aromatic heterocycles. The van der Waals surface area contributed by atoms with Gasteiger partial charge in [-0.25, -0.2) is 4.79 Å². The van der Waals surface area contributed by atoms with Crippen LogP contribution in [0.4, 0.5) is 17.1 Å². The number of carbonyl (C=O) groups is 3. The maximum Gasteiger partial charge on any atom is 0.337 e. The Balaban J connectivity index is 0.000000132. The first-order valence-electron chi connectivity index (χ1n) is 29.3. The Bertz CT molecular complexity index is 3210. The van der Waals surface area contributed by atoms with Gasteiger partial charge in [0.1, 0.15) is 11.5 Å². The van der Waals surface area contributed by atoms with Gasteiger partial charge in [0.2, 0.25) is 5.91 Å². The second-order valence-corrected chi connectivity index (χ2v) is 24.9. The maximum absolute atomic E-state index is 12.7. The van der Waals surface area contributed by atoms with E-state index < -0.39 is 28.7 Å². The Morgan fingerprint density at radius 3 is 2.17 bits per heavy atom. The van der Waals surface area contributed by atoms with Gasteiger partial charge < -0.3 is 55.0 Å². The van der Waals surface area contributed by atoms with Gasteiger partial charge in [-0.1, -0.05) is 67.1 Å². The highest BCUT2D eigenvalue weighted by molar-refractivity contribution is 7.99. The minimum absolute atomic E-state index is 0.0454. The van der Waals surface area contributed by atoms with Crippen molar-refractivity contribution < 1.29 is 49.4 Å². The number of hydrogen-bond donors (Lipinski definition) is 6. The highest BCUT2D eigenvalue weighted by Gasteiger charge is 2.73. The number of piperidine rings is 1. The predicted molar refractivity (Wildman–Crippen MR) is 328 cm³/mol. The quantitative estimate of drug-likeness (QED) is 0.0667. The van der Waals surface area contributed by atoms with E-state index in [4.69, 9.17) is 19.7 Å². The summed E-state index contributed by atoms with van der Waals surface area (Å²) in [5.41, 5.74) is 4.30. The number of carboxylic acid groups (broad SMARTS) is 1. The summed E-state index contributed by atoms with van der Waals surface area (Å²) < 4.78 is 11.3. The van der Waals surface area contributed by atoms with Crippen LogP contribution >= 0.6 is 11.8 Å². The molecule has 1 amide bonds. The van der Waals surface area contributed by atoms with Crippen LogP contribution < -0.4 is 19.7 Å². The number of ether oxygens (including phenoxy) is 2. The number of fused-ring (bicyclic) bond motifs is 2. The molecule has 5 aromatic carbocycles. The fraction of sp³-hybridized carbons (Fsp3) is 0.433. The largest absolute Gasteiger partial charge is 0.508 e. The molecule has 4 heterocycles. The van der Waals surface area contributed by atoms with Crippen molar-refractivity contribution in [3.63, 3.8) is 0 Å². The van der Waals surface area contributed by atoms with E-state index in [1.165, 1.54) is 77.9 Å². The number of phenols is 2. The third-order valence-corrected chi connectivity index (χ3v) is 18.8. The molecule has 1 unspecified atom stereocenters. The summed E-state index contributed by atoms with van der Waals surface area (Å²) in [6.45, 7) is 7.59. The summed E-state index contributed by atoms with van der Waals surface area (Å²) >= 11 is 1.87. The van der Waals surface area contributed by atoms with Gasteiger partial charge in [0.15, 0.2) is 23.4 Å². The minimum atomic E-state index is -0.942. The van der Waals surface area contributed by atoms with Crippen molar-refractivity contribution in [2.75, 3.05) is 71.7 Å². The summed E-state index contributed by atoms with van der Waals surface area (Å²) in [5, 5.41) is 53.3. The number of hydrogen-bond acceptors (Lipinski definition) is 15. The molecule has 6 N–H and O–H groups in total. The Hall–Kier alpha value is -6.99. The van der Waals surface area contributed by atoms with Gasteiger partial charge >= 0.3 is 5.97 Å². The molecule has 3 aliphatic heterocycles. The van der Waals surface area contributed by atoms with E-state index in [1.807, 2.05) is 42.1 Å². The lowest BCUT2D eigenvalue weighted by Crippen LogP contribution is -2.76. The van der Waals surface area contributed by atoms with E-state index in [0.717, 1.165) is 86.6 Å². The second-order valence-electron chi connectivity index (χ2n) is 23.8. The van der Waals surface area contributed by atoms with Gasteiger partial charge in [-0.3, -0.25) is 19.5 Å². The number of aliphatic hydroxyl groups is 2. The molecule has 1 spiro atoms. The van der Waals surface area contributed by atoms with Gasteiger partial charge in [0.25, 0.3) is 0 Å². The van der Waals surface area contributed by atoms with Gasteiger partial charge in [0, 0.05) is 84.4 Å². The Labute approximate surface area is 498 Å². The van der Waals surface area contributed by atoms with Crippen LogP contribution in [0.1, 0.15) is 98.7 Å². The maximum atomic E-state index is 12.7. The van der Waals surface area contributed by atoms with Gasteiger partial charge in [0.05, 0.1) is 40.7 Å². The van der Waals surface area contributed by atoms with Gasteiger partial charge in [-0.15, -0.1) is 0 Å². The second kappa shape index (κ2) is 26.5. The zero-order chi connectivity index (χ0) is 59.9. The number of benzene rings is 5. The lowest BCUT2D eigenvalue weighted by molar-refractivity contribution is -0.188. The molecule has 2 bridgehead atoms. The molecule has 7 atom stereocenters. The van der Waals surface area contributed by atoms with Crippen LogP contribution in [0.3, 0.4) is 0 Å². The molecular weight excluding hydrogens is 1080 g/mol. The monoisotopic (exact) mass is 1160 g/mol. The van der Waals surface area contributed by atoms with Crippen molar-refractivity contribution in [3.8, 4) is 23.0 Å². The molecule has 6 aromatic rings. The van der Waals surface area contributed by atoms with Crippen LogP contribution in [-0.2, 0) is 27.0 Å². The highest BCUT2D eigenvalue weighted by atomic mass is 32.2. The number of nitrogens with one attached hydrogen (secondary N) is 1. The molecular formula is C67H82N6O10S. The summed E-state index contributed by atoms with van der Waals surface area (Å²) in [4.78, 5) is 49.1. The summed E-state index contributed by atoms with van der Waals surface area (Å²) in [7, 11) is 10.1. The molecule has 84 heavy (non-hydrogen) atoms. The van der Waals surface area contributed by atoms with Gasteiger partial charge in [-0.05, 0) is 183 Å². The van der Waals surface area contributed by atoms with Crippen LogP contribution in [0.15, 0.2) is 144 Å². The summed E-state index contributed by atoms with van der Waals surface area (Å²) in [5.74, 6) is 1.64. The Morgan fingerprint density at radius 2 is 1.56 bits per heavy atom. The minimum Gasteiger partial charge on any atom is -0.508 e. The number of ketones is 1. The topological polar surface area (TPSA) is 209 Å². The average Bonchev–Trinajstić information content (AvgIpc) is 1.39. The van der Waals surface area contributed by atoms with E-state index in [0.29, 0.717) is 36.2 Å². The number of aromatic hydroxyl groups is 2. The first kappa shape index (κ1) is 61.6. The van der Waals surface area contributed by atoms with Crippen molar-refractivity contribution in [3.05, 3.63) is 156 Å². The van der Waals surface area contributed by atoms with Gasteiger partial charge in [-0.2, -0.15) is 0 Å². The number of carboxylic acids is 1. The van der Waals surface area contributed by atoms with Crippen molar-refractivity contribution in [2.24, 2.45) is 11.8 Å². The van der Waals surface area contributed by atoms with Crippen LogP contribution in [0, 0.1) is 11.8 Å². The number of anilines is 3. The number of phenolic OH excluding ortho intramolecular Hbond substituents is 2. The van der Waals surface area contributed by atoms with E-state index >= 15 is 0 Å². The van der Waals surface area contributed by atoms with E-state index in [-0.39, 0.29) is 34.8 Å². The number of Topliss-reactive ketones (excluding diaryl/α,β-unsaturated/α-hetero) is 1. The van der Waals surface area contributed by atoms with E-state index in [1.54, 1.807) is 31.4 Å². The average molecular weight is 1160 g/mol. The molecule has 16 nitrogen and oxygen atoms in total. The molecule has 17 heteroatoms. The Morgan fingerprint density at radius 1 is 0.857 bits per heavy atom. The molecule has 3 saturated carbocycles. The van der Waals surface area contributed by atoms with Crippen molar-refractivity contribution in [1.82, 2.24) is 19.7 Å². The number of nitrogens with zero attached hydrogens (tertiary/aromatic N) is 5. The molecule has 1 saturated heterocycles. The zero-order valence-electron chi connectivity index (χ0n) is 49.4. The first-order valence-corrected chi connectivity index (χ1v) is 30.1. The number of carbonyl (C=O) groups excluding carboxylic acids is 2. The van der Waals surface area contributed by atoms with Crippen LogP contribution in [0.2, 0.25) is 0 Å². The van der Waals surface area contributed by atoms with Crippen molar-refractivity contribution >= 4 is 46.5 Å². The number of aromatic nitrogens is 1. The highest BCUT2D eigenvalue weighted by Crippen LogP contribution is 2.65. The van der Waals surface area contributed by atoms with E-state index in [9.17, 15) is 29.7 Å². The molecule has 446 valence electrons. The third kappa shape index (κ3) is 13.3. The number of para-hydroxylation sites is 2. The molecule has 4 aliphatic carbocycles. The number of rotatable bonds is 11. The predicted octanol–water partition coefficient (Wildman–Crippen LogP) is 10.5. The molecule has 4 fully saturated rings. The SMILES string of the molecule is CC(=O)Nc1ccc(O)cc1.CC(CN1c2ccccc2Sc2ccccc21)N(C)C.COc1cccc([C@@]2(O)CCCC[C@@H]2CN(C)C)c1.O=C(O)c1cccnc1.O=C1CC[C@@]2(O)[C@H]3Cc4ccc(O)c5c4[C@@]2(CCN3CC2CC2)[C@H]1O5. The summed E-state index contributed by atoms with van der Waals surface area (Å²) in [6.07, 6.45) is 11.4. The zero-order valence-corrected chi connectivity index (χ0v) is 50.2. The number of likely N-dealkylation sites (tertiary alicyclic amines) is 1. The number of methoxy groups -OCH3 is 1. The van der Waals surface area contributed by atoms with Crippen LogP contribution in [0.5, 0.6) is 23.0 Å². The fourth-order valence-corrected chi connectivity index (χ4v) is 14.2. The van der Waals surface area contributed by atoms with Crippen LogP contribution in [0.25, 0.3) is 0 Å². The first-order chi connectivity index (χ1) is 40.3. The lowest BCUT2D eigenvalue weighted by atomic mass is 9.49. The van der Waals surface area contributed by atoms with Crippen molar-refractivity contribution in [1.29, 1.82) is 0 Å². The standard InChI is InChI=1S/C20H23NO4.C17H20N2S.C16H25NO2.C8H9NO2.C6H5NO2/c22-13-4-3-12-9-15-20(24)6-5-14(23)18-19(20,16(12)17(13)25-18)7-8-21(15)10-11-1-2-11;1-13(18(2)3)12-19-14-8-4-6-10-16(14)20-17-11-7-5-9-15(17)19;1-17(2)12-14-7-4-5-10-16(14,18)13-8-6-9-15(11-13)19-3;1-6(10)9-7-2-4-8(11)5-3-7;8-6(9)5-2-1-3-7-4-5/h3-4,11,15,18,22,24H,1-2,5-10H2;4-11,13H,12H2,1-3H3;6,8-9,11,14,18H,4-5,7,10,12H2,1-3H3;2-5,11H,1H3,(H,9,10);1-4H,(H,8,9)/t15-,18+,19+,20-;;14-,16+;;/m1.1../s1. The molecule has 0 radical (unpaired) electrons. The van der Waals surface area contributed by atoms with Crippen LogP contribution in [-0.4, -0.2) is 148 Å². The number of aromatic carboxylic acids is 1. The van der Waals surface area contributed by atoms with E-state index in [2.05, 4.69) is 114 Å². The Kier molecular flexibility index (Phi) is 19.4. The third-order valence-electron chi connectivity index (χ3n) is 17.7.